The molecule has 1 amide bonds. The Hall–Kier alpha value is -3.32. The first-order valence-corrected chi connectivity index (χ1v) is 11.9. The Kier molecular flexibility index (Phi) is 6.42. The SMILES string of the molecule is CNC(=O)CCC(=O)c1nn(-c2nc(-c3cccc(C)c3)c(C(C)C)s2)c2ccc(C)cc12. The Labute approximate surface area is 197 Å². The van der Waals surface area contributed by atoms with Crippen LogP contribution < -0.4 is 5.32 Å². The van der Waals surface area contributed by atoms with E-state index in [9.17, 15) is 9.59 Å². The van der Waals surface area contributed by atoms with Crippen molar-refractivity contribution in [3.8, 4) is 16.4 Å². The summed E-state index contributed by atoms with van der Waals surface area (Å²) in [5, 5.41) is 8.79. The number of nitrogens with zero attached hydrogens (tertiary/aromatic N) is 3. The van der Waals surface area contributed by atoms with Crippen LogP contribution in [0.3, 0.4) is 0 Å². The standard InChI is InChI=1S/C26H28N4O2S/c1-15(2)25-23(18-8-6-7-16(3)13-18)28-26(33-25)30-20-10-9-17(4)14-19(20)24(29-30)21(31)11-12-22(32)27-5/h6-10,13-15H,11-12H2,1-5H3,(H,27,32). The first-order valence-electron chi connectivity index (χ1n) is 11.1. The molecule has 4 aromatic rings. The number of carbonyl (C=O) groups excluding carboxylic acids is 2. The zero-order valence-corrected chi connectivity index (χ0v) is 20.4. The van der Waals surface area contributed by atoms with E-state index in [1.165, 1.54) is 10.4 Å². The molecule has 2 aromatic heterocycles. The van der Waals surface area contributed by atoms with Crippen LogP contribution in [0, 0.1) is 13.8 Å². The van der Waals surface area contributed by atoms with Crippen LogP contribution in [0.5, 0.6) is 0 Å². The number of amides is 1. The highest BCUT2D eigenvalue weighted by atomic mass is 32.1. The molecule has 0 aliphatic carbocycles. The maximum absolute atomic E-state index is 13.0. The molecule has 0 aliphatic rings. The number of fused-ring (bicyclic) bond motifs is 1. The van der Waals surface area contributed by atoms with Crippen molar-refractivity contribution in [1.29, 1.82) is 0 Å². The van der Waals surface area contributed by atoms with E-state index in [1.807, 2.05) is 31.2 Å². The van der Waals surface area contributed by atoms with Gasteiger partial charge in [-0.15, -0.1) is 0 Å². The van der Waals surface area contributed by atoms with Gasteiger partial charge in [-0.3, -0.25) is 9.59 Å². The second-order valence-electron chi connectivity index (χ2n) is 8.61. The molecule has 170 valence electrons. The zero-order valence-electron chi connectivity index (χ0n) is 19.6. The number of nitrogens with one attached hydrogen (secondary N) is 1. The van der Waals surface area contributed by atoms with E-state index in [0.29, 0.717) is 11.6 Å². The minimum atomic E-state index is -0.160. The second kappa shape index (κ2) is 9.27. The summed E-state index contributed by atoms with van der Waals surface area (Å²) in [7, 11) is 1.57. The van der Waals surface area contributed by atoms with Crippen LogP contribution >= 0.6 is 11.3 Å². The molecule has 0 unspecified atom stereocenters. The number of thiazole rings is 1. The van der Waals surface area contributed by atoms with Gasteiger partial charge in [0.2, 0.25) is 11.0 Å². The van der Waals surface area contributed by atoms with Crippen LogP contribution in [0.15, 0.2) is 42.5 Å². The fourth-order valence-electron chi connectivity index (χ4n) is 3.86. The molecule has 2 heterocycles. The molecule has 6 nitrogen and oxygen atoms in total. The summed E-state index contributed by atoms with van der Waals surface area (Å²) in [6.07, 6.45) is 0.255. The Morgan fingerprint density at radius 1 is 1.06 bits per heavy atom. The number of aryl methyl sites for hydroxylation is 2. The van der Waals surface area contributed by atoms with E-state index in [0.717, 1.165) is 32.9 Å². The summed E-state index contributed by atoms with van der Waals surface area (Å²) < 4.78 is 1.78. The molecule has 0 saturated carbocycles. The van der Waals surface area contributed by atoms with E-state index in [1.54, 1.807) is 23.1 Å². The van der Waals surface area contributed by atoms with Gasteiger partial charge in [0, 0.05) is 35.7 Å². The quantitative estimate of drug-likeness (QED) is 0.364. The molecule has 0 fully saturated rings. The third-order valence-corrected chi connectivity index (χ3v) is 6.93. The van der Waals surface area contributed by atoms with Crippen molar-refractivity contribution in [2.24, 2.45) is 0 Å². The summed E-state index contributed by atoms with van der Waals surface area (Å²) in [5.41, 5.74) is 5.48. The summed E-state index contributed by atoms with van der Waals surface area (Å²) in [6, 6.07) is 14.3. The smallest absolute Gasteiger partial charge is 0.220 e. The lowest BCUT2D eigenvalue weighted by molar-refractivity contribution is -0.120. The first-order chi connectivity index (χ1) is 15.8. The number of Topliss-reactive ketones (excluding diaryl/α,β-unsaturated/α-hetero) is 1. The Morgan fingerprint density at radius 3 is 2.52 bits per heavy atom. The van der Waals surface area contributed by atoms with Gasteiger partial charge >= 0.3 is 0 Å². The largest absolute Gasteiger partial charge is 0.359 e. The Balaban J connectivity index is 1.84. The van der Waals surface area contributed by atoms with Crippen molar-refractivity contribution in [3.05, 3.63) is 64.2 Å². The highest BCUT2D eigenvalue weighted by Gasteiger charge is 2.23. The number of aromatic nitrogens is 3. The van der Waals surface area contributed by atoms with Crippen molar-refractivity contribution >= 4 is 33.9 Å². The average Bonchev–Trinajstić information content (AvgIpc) is 3.39. The highest BCUT2D eigenvalue weighted by Crippen LogP contribution is 2.37. The van der Waals surface area contributed by atoms with Crippen molar-refractivity contribution in [2.45, 2.75) is 46.5 Å². The van der Waals surface area contributed by atoms with Gasteiger partial charge in [-0.25, -0.2) is 9.67 Å². The van der Waals surface area contributed by atoms with E-state index < -0.39 is 0 Å². The van der Waals surface area contributed by atoms with Gasteiger partial charge in [0.05, 0.1) is 11.2 Å². The number of ketones is 1. The maximum Gasteiger partial charge on any atom is 0.220 e. The fraction of sp³-hybridized carbons (Fsp3) is 0.308. The summed E-state index contributed by atoms with van der Waals surface area (Å²) >= 11 is 1.60. The summed E-state index contributed by atoms with van der Waals surface area (Å²) in [4.78, 5) is 30.8. The van der Waals surface area contributed by atoms with Crippen molar-refractivity contribution in [2.75, 3.05) is 7.05 Å². The van der Waals surface area contributed by atoms with E-state index >= 15 is 0 Å². The minimum absolute atomic E-state index is 0.114. The van der Waals surface area contributed by atoms with Gasteiger partial charge in [-0.1, -0.05) is 60.6 Å². The van der Waals surface area contributed by atoms with Gasteiger partial charge in [0.15, 0.2) is 5.78 Å². The van der Waals surface area contributed by atoms with E-state index in [-0.39, 0.29) is 24.5 Å². The van der Waals surface area contributed by atoms with Crippen LogP contribution in [0.4, 0.5) is 0 Å². The number of carbonyl (C=O) groups is 2. The van der Waals surface area contributed by atoms with Gasteiger partial charge in [0.25, 0.3) is 0 Å². The lowest BCUT2D eigenvalue weighted by Crippen LogP contribution is -2.18. The summed E-state index contributed by atoms with van der Waals surface area (Å²) in [6.45, 7) is 8.39. The van der Waals surface area contributed by atoms with Gasteiger partial charge in [0.1, 0.15) is 5.69 Å². The monoisotopic (exact) mass is 460 g/mol. The van der Waals surface area contributed by atoms with E-state index in [2.05, 4.69) is 44.3 Å². The predicted molar refractivity (Wildman–Crippen MR) is 133 cm³/mol. The molecule has 0 atom stereocenters. The molecule has 7 heteroatoms. The molecule has 33 heavy (non-hydrogen) atoms. The predicted octanol–water partition coefficient (Wildman–Crippen LogP) is 5.60. The van der Waals surface area contributed by atoms with Crippen molar-refractivity contribution in [1.82, 2.24) is 20.1 Å². The van der Waals surface area contributed by atoms with Crippen molar-refractivity contribution in [3.63, 3.8) is 0 Å². The van der Waals surface area contributed by atoms with Crippen LogP contribution in [0.2, 0.25) is 0 Å². The Morgan fingerprint density at radius 2 is 1.82 bits per heavy atom. The third kappa shape index (κ3) is 4.59. The van der Waals surface area contributed by atoms with Crippen LogP contribution in [0.1, 0.15) is 59.1 Å². The van der Waals surface area contributed by atoms with Gasteiger partial charge in [-0.2, -0.15) is 5.10 Å². The lowest BCUT2D eigenvalue weighted by atomic mass is 10.0. The zero-order chi connectivity index (χ0) is 23.7. The number of benzene rings is 2. The molecular weight excluding hydrogens is 432 g/mol. The van der Waals surface area contributed by atoms with E-state index in [4.69, 9.17) is 10.1 Å². The topological polar surface area (TPSA) is 76.9 Å². The molecule has 0 bridgehead atoms. The maximum atomic E-state index is 13.0. The second-order valence-corrected chi connectivity index (χ2v) is 9.62. The molecule has 4 rings (SSSR count). The lowest BCUT2D eigenvalue weighted by Gasteiger charge is -2.05. The molecule has 0 spiro atoms. The van der Waals surface area contributed by atoms with Gasteiger partial charge < -0.3 is 5.32 Å². The molecule has 2 aromatic carbocycles. The number of hydrogen-bond acceptors (Lipinski definition) is 5. The average molecular weight is 461 g/mol. The minimum Gasteiger partial charge on any atom is -0.359 e. The highest BCUT2D eigenvalue weighted by molar-refractivity contribution is 7.14. The van der Waals surface area contributed by atoms with Crippen LogP contribution in [-0.2, 0) is 4.79 Å². The fourth-order valence-corrected chi connectivity index (χ4v) is 4.91. The van der Waals surface area contributed by atoms with Crippen LogP contribution in [-0.4, -0.2) is 33.5 Å². The molecule has 0 aliphatic heterocycles. The number of rotatable bonds is 7. The Bertz CT molecular complexity index is 1350. The molecule has 1 N–H and O–H groups in total. The number of hydrogen-bond donors (Lipinski definition) is 1. The summed E-state index contributed by atoms with van der Waals surface area (Å²) in [5.74, 6) is -0.00967. The normalized spacial score (nSPS) is 11.3. The van der Waals surface area contributed by atoms with Crippen LogP contribution in [0.25, 0.3) is 27.3 Å². The third-order valence-electron chi connectivity index (χ3n) is 5.60. The molecular formula is C26H28N4O2S. The molecule has 0 radical (unpaired) electrons. The van der Waals surface area contributed by atoms with Gasteiger partial charge in [-0.05, 0) is 38.0 Å². The first kappa shape index (κ1) is 22.9. The molecule has 0 saturated heterocycles. The van der Waals surface area contributed by atoms with Crippen molar-refractivity contribution < 1.29 is 9.59 Å².